The summed E-state index contributed by atoms with van der Waals surface area (Å²) in [6.07, 6.45) is 16.0. The molecule has 1 N–H and O–H groups in total. The number of piperidine rings is 1. The van der Waals surface area contributed by atoms with Crippen LogP contribution in [0.4, 0.5) is 0 Å². The first-order valence-electron chi connectivity index (χ1n) is 12.6. The van der Waals surface area contributed by atoms with E-state index in [2.05, 4.69) is 5.32 Å². The van der Waals surface area contributed by atoms with Gasteiger partial charge in [-0.15, -0.1) is 0 Å². The van der Waals surface area contributed by atoms with Crippen molar-refractivity contribution in [2.24, 2.45) is 0 Å². The molecule has 2 amide bonds. The third kappa shape index (κ3) is 5.80. The van der Waals surface area contributed by atoms with Crippen LogP contribution in [0.15, 0.2) is 17.2 Å². The second-order valence-electron chi connectivity index (χ2n) is 9.61. The van der Waals surface area contributed by atoms with Crippen molar-refractivity contribution in [2.45, 2.75) is 95.7 Å². The molecule has 0 aromatic carbocycles. The van der Waals surface area contributed by atoms with E-state index in [4.69, 9.17) is 4.74 Å². The fraction of sp³-hybridized carbons (Fsp3) is 0.720. The Morgan fingerprint density at radius 2 is 1.53 bits per heavy atom. The molecule has 2 saturated heterocycles. The van der Waals surface area contributed by atoms with Crippen LogP contribution < -0.4 is 10.7 Å². The van der Waals surface area contributed by atoms with Gasteiger partial charge in [-0.2, -0.15) is 0 Å². The molecule has 7 nitrogen and oxygen atoms in total. The van der Waals surface area contributed by atoms with E-state index < -0.39 is 5.43 Å². The maximum atomic E-state index is 13.3. The minimum atomic E-state index is -0.451. The number of rotatable bonds is 5. The van der Waals surface area contributed by atoms with Crippen molar-refractivity contribution < 1.29 is 14.3 Å². The van der Waals surface area contributed by atoms with Crippen LogP contribution in [0.3, 0.4) is 0 Å². The number of likely N-dealkylation sites (tertiary alicyclic amines) is 1. The average Bonchev–Trinajstić information content (AvgIpc) is 3.29. The largest absolute Gasteiger partial charge is 0.376 e. The zero-order valence-electron chi connectivity index (χ0n) is 19.2. The summed E-state index contributed by atoms with van der Waals surface area (Å²) in [5.74, 6) is -0.605. The Hall–Kier alpha value is -2.15. The molecule has 0 bridgehead atoms. The van der Waals surface area contributed by atoms with Gasteiger partial charge < -0.3 is 19.5 Å². The molecule has 176 valence electrons. The van der Waals surface area contributed by atoms with Gasteiger partial charge in [0.2, 0.25) is 5.43 Å². The van der Waals surface area contributed by atoms with Gasteiger partial charge >= 0.3 is 0 Å². The van der Waals surface area contributed by atoms with Crippen LogP contribution in [0.2, 0.25) is 0 Å². The van der Waals surface area contributed by atoms with Gasteiger partial charge in [-0.25, -0.2) is 0 Å². The Bertz CT molecular complexity index is 845. The predicted octanol–water partition coefficient (Wildman–Crippen LogP) is 3.50. The molecule has 1 atom stereocenters. The lowest BCUT2D eigenvalue weighted by atomic mass is 9.96. The van der Waals surface area contributed by atoms with Crippen molar-refractivity contribution in [1.82, 2.24) is 14.8 Å². The van der Waals surface area contributed by atoms with E-state index in [0.717, 1.165) is 64.4 Å². The Kier molecular flexibility index (Phi) is 8.00. The van der Waals surface area contributed by atoms with Gasteiger partial charge in [0, 0.05) is 44.7 Å². The van der Waals surface area contributed by atoms with Crippen molar-refractivity contribution >= 4 is 11.8 Å². The summed E-state index contributed by atoms with van der Waals surface area (Å²) in [5.41, 5.74) is -0.268. The lowest BCUT2D eigenvalue weighted by Crippen LogP contribution is -2.42. The number of carbonyl (C=O) groups is 2. The summed E-state index contributed by atoms with van der Waals surface area (Å²) in [4.78, 5) is 41.5. The normalized spacial score (nSPS) is 22.9. The molecule has 0 spiro atoms. The molecule has 1 aromatic rings. The molecule has 1 aromatic heterocycles. The summed E-state index contributed by atoms with van der Waals surface area (Å²) in [6.45, 7) is 2.62. The van der Waals surface area contributed by atoms with Crippen LogP contribution in [0.5, 0.6) is 0 Å². The van der Waals surface area contributed by atoms with Gasteiger partial charge in [-0.1, -0.05) is 32.1 Å². The third-order valence-corrected chi connectivity index (χ3v) is 7.08. The molecule has 1 unspecified atom stereocenters. The van der Waals surface area contributed by atoms with E-state index in [1.54, 1.807) is 17.3 Å². The number of ether oxygens (including phenoxy) is 1. The Balaban J connectivity index is 1.59. The maximum absolute atomic E-state index is 13.3. The van der Waals surface area contributed by atoms with Crippen molar-refractivity contribution in [3.63, 3.8) is 0 Å². The highest BCUT2D eigenvalue weighted by Gasteiger charge is 2.26. The van der Waals surface area contributed by atoms with Gasteiger partial charge in [-0.05, 0) is 44.9 Å². The molecular weight excluding hydrogens is 406 g/mol. The van der Waals surface area contributed by atoms with Crippen molar-refractivity contribution in [3.05, 3.63) is 33.7 Å². The molecule has 3 aliphatic rings. The van der Waals surface area contributed by atoms with Crippen LogP contribution in [0, 0.1) is 0 Å². The van der Waals surface area contributed by atoms with Crippen LogP contribution >= 0.6 is 0 Å². The van der Waals surface area contributed by atoms with Crippen LogP contribution in [0.25, 0.3) is 0 Å². The smallest absolute Gasteiger partial charge is 0.259 e. The molecule has 32 heavy (non-hydrogen) atoms. The molecule has 7 heteroatoms. The number of amides is 2. The van der Waals surface area contributed by atoms with Crippen LogP contribution in [-0.4, -0.2) is 53.1 Å². The predicted molar refractivity (Wildman–Crippen MR) is 123 cm³/mol. The van der Waals surface area contributed by atoms with Gasteiger partial charge in [0.05, 0.1) is 6.10 Å². The molecular formula is C25H37N3O4. The Labute approximate surface area is 190 Å². The molecule has 4 rings (SSSR count). The maximum Gasteiger partial charge on any atom is 0.259 e. The minimum Gasteiger partial charge on any atom is -0.376 e. The van der Waals surface area contributed by atoms with Gasteiger partial charge in [-0.3, -0.25) is 14.4 Å². The van der Waals surface area contributed by atoms with Gasteiger partial charge in [0.15, 0.2) is 0 Å². The van der Waals surface area contributed by atoms with Crippen LogP contribution in [0.1, 0.15) is 97.8 Å². The molecule has 0 radical (unpaired) electrons. The number of nitrogens with zero attached hydrogens (tertiary/aromatic N) is 2. The third-order valence-electron chi connectivity index (χ3n) is 7.08. The number of hydrogen-bond acceptors (Lipinski definition) is 4. The summed E-state index contributed by atoms with van der Waals surface area (Å²) in [7, 11) is 0. The van der Waals surface area contributed by atoms with Gasteiger partial charge in [0.1, 0.15) is 11.1 Å². The number of pyridine rings is 1. The number of hydrogen-bond donors (Lipinski definition) is 1. The lowest BCUT2D eigenvalue weighted by molar-refractivity contribution is 0.0719. The first-order valence-corrected chi connectivity index (χ1v) is 12.6. The number of aromatic nitrogens is 1. The molecule has 3 heterocycles. The molecule has 2 aliphatic heterocycles. The second kappa shape index (κ2) is 11.1. The van der Waals surface area contributed by atoms with Crippen molar-refractivity contribution in [3.8, 4) is 0 Å². The van der Waals surface area contributed by atoms with Crippen LogP contribution in [-0.2, 0) is 11.3 Å². The van der Waals surface area contributed by atoms with Crippen molar-refractivity contribution in [1.29, 1.82) is 0 Å². The topological polar surface area (TPSA) is 80.6 Å². The highest BCUT2D eigenvalue weighted by Crippen LogP contribution is 2.19. The number of nitrogens with one attached hydrogen (secondary N) is 1. The number of carbonyl (C=O) groups excluding carboxylic acids is 2. The lowest BCUT2D eigenvalue weighted by Gasteiger charge is -2.27. The fourth-order valence-electron chi connectivity index (χ4n) is 5.21. The highest BCUT2D eigenvalue weighted by molar-refractivity contribution is 5.99. The van der Waals surface area contributed by atoms with E-state index in [1.165, 1.54) is 19.3 Å². The first kappa shape index (κ1) is 23.0. The van der Waals surface area contributed by atoms with E-state index >= 15 is 0 Å². The van der Waals surface area contributed by atoms with E-state index in [0.29, 0.717) is 19.6 Å². The highest BCUT2D eigenvalue weighted by atomic mass is 16.5. The summed E-state index contributed by atoms with van der Waals surface area (Å²) < 4.78 is 7.58. The molecule has 1 aliphatic carbocycles. The summed E-state index contributed by atoms with van der Waals surface area (Å²) >= 11 is 0. The fourth-order valence-corrected chi connectivity index (χ4v) is 5.21. The Morgan fingerprint density at radius 3 is 2.22 bits per heavy atom. The van der Waals surface area contributed by atoms with E-state index in [1.807, 2.05) is 4.57 Å². The zero-order valence-corrected chi connectivity index (χ0v) is 19.2. The van der Waals surface area contributed by atoms with Gasteiger partial charge in [0.25, 0.3) is 11.8 Å². The Morgan fingerprint density at radius 1 is 0.875 bits per heavy atom. The standard InChI is InChI=1S/C25H37N3O4/c29-23-21(24(30)26-19-10-5-2-1-3-6-11-19)17-27(16-20-12-9-15-32-20)18-22(23)25(31)28-13-7-4-8-14-28/h17-20H,1-16H2,(H,26,30). The summed E-state index contributed by atoms with van der Waals surface area (Å²) in [5, 5.41) is 3.10. The summed E-state index contributed by atoms with van der Waals surface area (Å²) in [6, 6.07) is 0.0928. The molecule has 1 saturated carbocycles. The quantitative estimate of drug-likeness (QED) is 0.755. The van der Waals surface area contributed by atoms with E-state index in [-0.39, 0.29) is 35.1 Å². The SMILES string of the molecule is O=C(NC1CCCCCCC1)c1cn(CC2CCCO2)cc(C(=O)N2CCCCC2)c1=O. The van der Waals surface area contributed by atoms with E-state index in [9.17, 15) is 14.4 Å². The monoisotopic (exact) mass is 443 g/mol. The molecule has 3 fully saturated rings. The zero-order chi connectivity index (χ0) is 22.3. The first-order chi connectivity index (χ1) is 15.6. The average molecular weight is 444 g/mol. The van der Waals surface area contributed by atoms with Crippen molar-refractivity contribution in [2.75, 3.05) is 19.7 Å². The minimum absolute atomic E-state index is 0.0527. The second-order valence-corrected chi connectivity index (χ2v) is 9.61.